The molecule has 1 aliphatic carbocycles. The lowest BCUT2D eigenvalue weighted by Crippen LogP contribution is -2.17. The van der Waals surface area contributed by atoms with Crippen LogP contribution in [0.15, 0.2) is 24.3 Å². The molecule has 0 saturated heterocycles. The summed E-state index contributed by atoms with van der Waals surface area (Å²) >= 11 is 0. The van der Waals surface area contributed by atoms with E-state index in [1.165, 1.54) is 37.7 Å². The lowest BCUT2D eigenvalue weighted by atomic mass is 9.79. The second-order valence-corrected chi connectivity index (χ2v) is 5.74. The van der Waals surface area contributed by atoms with E-state index in [-0.39, 0.29) is 0 Å². The van der Waals surface area contributed by atoms with E-state index in [1.54, 1.807) is 5.56 Å². The van der Waals surface area contributed by atoms with Crippen LogP contribution in [-0.2, 0) is 0 Å². The average molecular weight is 245 g/mol. The number of rotatable bonds is 7. The van der Waals surface area contributed by atoms with Crippen molar-refractivity contribution >= 4 is 0 Å². The molecule has 1 saturated carbocycles. The van der Waals surface area contributed by atoms with Crippen molar-refractivity contribution in [2.75, 3.05) is 13.1 Å². The van der Waals surface area contributed by atoms with E-state index < -0.39 is 0 Å². The van der Waals surface area contributed by atoms with E-state index in [2.05, 4.69) is 43.4 Å². The molecular weight excluding hydrogens is 218 g/mol. The van der Waals surface area contributed by atoms with Crippen LogP contribution < -0.4 is 5.32 Å². The van der Waals surface area contributed by atoms with Gasteiger partial charge >= 0.3 is 0 Å². The Morgan fingerprint density at radius 2 is 2.11 bits per heavy atom. The number of hydrogen-bond acceptors (Lipinski definition) is 1. The Labute approximate surface area is 112 Å². The predicted octanol–water partition coefficient (Wildman–Crippen LogP) is 4.45. The second-order valence-electron chi connectivity index (χ2n) is 5.74. The Bertz CT molecular complexity index is 354. The fourth-order valence-corrected chi connectivity index (χ4v) is 2.65. The molecule has 1 aromatic rings. The molecule has 1 fully saturated rings. The first kappa shape index (κ1) is 13.6. The first-order chi connectivity index (χ1) is 8.81. The third-order valence-electron chi connectivity index (χ3n) is 4.24. The van der Waals surface area contributed by atoms with Crippen LogP contribution in [0.25, 0.3) is 0 Å². The van der Waals surface area contributed by atoms with E-state index in [4.69, 9.17) is 0 Å². The first-order valence-electron chi connectivity index (χ1n) is 7.62. The lowest BCUT2D eigenvalue weighted by molar-refractivity contribution is 0.419. The van der Waals surface area contributed by atoms with Crippen LogP contribution in [0.5, 0.6) is 0 Å². The molecule has 1 unspecified atom stereocenters. The summed E-state index contributed by atoms with van der Waals surface area (Å²) in [6, 6.07) is 9.31. The zero-order valence-corrected chi connectivity index (χ0v) is 11.9. The van der Waals surface area contributed by atoms with E-state index in [9.17, 15) is 0 Å². The van der Waals surface area contributed by atoms with Gasteiger partial charge in [-0.2, -0.15) is 0 Å². The van der Waals surface area contributed by atoms with Gasteiger partial charge in [0.1, 0.15) is 0 Å². The summed E-state index contributed by atoms with van der Waals surface area (Å²) in [5.74, 6) is 1.53. The van der Waals surface area contributed by atoms with Gasteiger partial charge in [0.2, 0.25) is 0 Å². The molecule has 0 aliphatic heterocycles. The normalized spacial score (nSPS) is 17.4. The van der Waals surface area contributed by atoms with Gasteiger partial charge < -0.3 is 5.32 Å². The predicted molar refractivity (Wildman–Crippen MR) is 79.2 cm³/mol. The van der Waals surface area contributed by atoms with Crippen molar-refractivity contribution in [2.24, 2.45) is 0 Å². The first-order valence-corrected chi connectivity index (χ1v) is 7.62. The summed E-state index contributed by atoms with van der Waals surface area (Å²) in [5, 5.41) is 3.50. The Hall–Kier alpha value is -0.820. The number of hydrogen-bond donors (Lipinski definition) is 1. The van der Waals surface area contributed by atoms with E-state index in [0.29, 0.717) is 5.92 Å². The average Bonchev–Trinajstić information content (AvgIpc) is 2.33. The molecule has 1 heteroatoms. The van der Waals surface area contributed by atoms with Gasteiger partial charge in [0.15, 0.2) is 0 Å². The van der Waals surface area contributed by atoms with Crippen molar-refractivity contribution in [1.29, 1.82) is 0 Å². The summed E-state index contributed by atoms with van der Waals surface area (Å²) in [4.78, 5) is 0. The maximum atomic E-state index is 3.50. The van der Waals surface area contributed by atoms with E-state index >= 15 is 0 Å². The third-order valence-corrected chi connectivity index (χ3v) is 4.24. The monoisotopic (exact) mass is 245 g/mol. The zero-order chi connectivity index (χ0) is 12.8. The number of nitrogens with one attached hydrogen (secondary N) is 1. The van der Waals surface area contributed by atoms with Gasteiger partial charge in [-0.15, -0.1) is 0 Å². The summed E-state index contributed by atoms with van der Waals surface area (Å²) < 4.78 is 0. The quantitative estimate of drug-likeness (QED) is 0.700. The van der Waals surface area contributed by atoms with Gasteiger partial charge in [-0.05, 0) is 61.7 Å². The van der Waals surface area contributed by atoms with Crippen LogP contribution in [0.4, 0.5) is 0 Å². The second kappa shape index (κ2) is 6.94. The third kappa shape index (κ3) is 3.58. The molecule has 1 aromatic carbocycles. The molecule has 1 nitrogen and oxygen atoms in total. The van der Waals surface area contributed by atoms with Gasteiger partial charge in [0.25, 0.3) is 0 Å². The van der Waals surface area contributed by atoms with Crippen LogP contribution in [-0.4, -0.2) is 13.1 Å². The van der Waals surface area contributed by atoms with E-state index in [1.807, 2.05) is 0 Å². The van der Waals surface area contributed by atoms with Crippen molar-refractivity contribution in [3.05, 3.63) is 35.4 Å². The maximum absolute atomic E-state index is 3.50. The highest BCUT2D eigenvalue weighted by molar-refractivity contribution is 5.29. The Morgan fingerprint density at radius 1 is 1.28 bits per heavy atom. The minimum Gasteiger partial charge on any atom is -0.317 e. The molecule has 0 bridgehead atoms. The lowest BCUT2D eigenvalue weighted by Gasteiger charge is -2.26. The minimum absolute atomic E-state index is 0.675. The van der Waals surface area contributed by atoms with Crippen molar-refractivity contribution in [1.82, 2.24) is 5.32 Å². The summed E-state index contributed by atoms with van der Waals surface area (Å²) in [5.41, 5.74) is 3.10. The fourth-order valence-electron chi connectivity index (χ4n) is 2.65. The van der Waals surface area contributed by atoms with Crippen LogP contribution >= 0.6 is 0 Å². The highest BCUT2D eigenvalue weighted by atomic mass is 14.8. The molecule has 0 radical (unpaired) electrons. The molecule has 1 N–H and O–H groups in total. The van der Waals surface area contributed by atoms with Crippen molar-refractivity contribution in [3.63, 3.8) is 0 Å². The van der Waals surface area contributed by atoms with Crippen molar-refractivity contribution < 1.29 is 0 Å². The van der Waals surface area contributed by atoms with Gasteiger partial charge in [0.05, 0.1) is 0 Å². The summed E-state index contributed by atoms with van der Waals surface area (Å²) in [7, 11) is 0. The highest BCUT2D eigenvalue weighted by Crippen LogP contribution is 2.37. The van der Waals surface area contributed by atoms with Gasteiger partial charge in [-0.1, -0.05) is 44.5 Å². The Morgan fingerprint density at radius 3 is 2.78 bits per heavy atom. The van der Waals surface area contributed by atoms with E-state index in [0.717, 1.165) is 19.0 Å². The zero-order valence-electron chi connectivity index (χ0n) is 11.9. The molecule has 1 aliphatic rings. The SMILES string of the molecule is CCCNCCC(C)c1cccc(C2CCC2)c1. The van der Waals surface area contributed by atoms with Gasteiger partial charge in [-0.3, -0.25) is 0 Å². The van der Waals surface area contributed by atoms with Gasteiger partial charge in [-0.25, -0.2) is 0 Å². The summed E-state index contributed by atoms with van der Waals surface area (Å²) in [6.07, 6.45) is 6.69. The molecule has 1 atom stereocenters. The van der Waals surface area contributed by atoms with Crippen LogP contribution in [0.1, 0.15) is 68.9 Å². The molecular formula is C17H27N. The Kier molecular flexibility index (Phi) is 5.25. The standard InChI is InChI=1S/C17H27N/c1-3-11-18-12-10-14(2)16-8-5-9-17(13-16)15-6-4-7-15/h5,8-9,13-15,18H,3-4,6-7,10-12H2,1-2H3. The van der Waals surface area contributed by atoms with Crippen LogP contribution in [0, 0.1) is 0 Å². The largest absolute Gasteiger partial charge is 0.317 e. The molecule has 0 spiro atoms. The fraction of sp³-hybridized carbons (Fsp3) is 0.647. The minimum atomic E-state index is 0.675. The maximum Gasteiger partial charge on any atom is -0.00432 e. The topological polar surface area (TPSA) is 12.0 Å². The number of benzene rings is 1. The molecule has 2 rings (SSSR count). The van der Waals surface area contributed by atoms with Gasteiger partial charge in [0, 0.05) is 0 Å². The van der Waals surface area contributed by atoms with Crippen LogP contribution in [0.2, 0.25) is 0 Å². The smallest absolute Gasteiger partial charge is 0.00432 e. The molecule has 18 heavy (non-hydrogen) atoms. The highest BCUT2D eigenvalue weighted by Gasteiger charge is 2.19. The molecule has 0 amide bonds. The van der Waals surface area contributed by atoms with Crippen molar-refractivity contribution in [3.8, 4) is 0 Å². The summed E-state index contributed by atoms with van der Waals surface area (Å²) in [6.45, 7) is 6.86. The molecule has 0 heterocycles. The molecule has 100 valence electrons. The molecule has 0 aromatic heterocycles. The Balaban J connectivity index is 1.86. The van der Waals surface area contributed by atoms with Crippen LogP contribution in [0.3, 0.4) is 0 Å². The van der Waals surface area contributed by atoms with Crippen molar-refractivity contribution in [2.45, 2.75) is 57.8 Å².